The van der Waals surface area contributed by atoms with E-state index in [9.17, 15) is 27.6 Å². The Morgan fingerprint density at radius 3 is 2.45 bits per heavy atom. The van der Waals surface area contributed by atoms with E-state index in [1.807, 2.05) is 0 Å². The summed E-state index contributed by atoms with van der Waals surface area (Å²) in [5.41, 5.74) is -0.766. The molecule has 1 aliphatic rings. The molecule has 11 heteroatoms. The number of alkyl halides is 3. The van der Waals surface area contributed by atoms with Crippen molar-refractivity contribution in [3.05, 3.63) is 89.9 Å². The number of rotatable bonds is 9. The van der Waals surface area contributed by atoms with E-state index in [0.29, 0.717) is 12.2 Å². The van der Waals surface area contributed by atoms with E-state index < -0.39 is 42.0 Å². The lowest BCUT2D eigenvalue weighted by molar-refractivity contribution is -0.137. The van der Waals surface area contributed by atoms with Gasteiger partial charge in [0, 0.05) is 18.8 Å². The van der Waals surface area contributed by atoms with E-state index >= 15 is 0 Å². The van der Waals surface area contributed by atoms with Gasteiger partial charge in [0.1, 0.15) is 6.04 Å². The van der Waals surface area contributed by atoms with E-state index in [1.54, 1.807) is 30.3 Å². The molecule has 2 aromatic carbocycles. The minimum Gasteiger partial charge on any atom is -0.459 e. The van der Waals surface area contributed by atoms with Gasteiger partial charge in [-0.25, -0.2) is 0 Å². The van der Waals surface area contributed by atoms with Crippen LogP contribution in [0.15, 0.2) is 77.4 Å². The molecule has 0 spiro atoms. The molecule has 4 rings (SSSR count). The fourth-order valence-electron chi connectivity index (χ4n) is 4.17. The van der Waals surface area contributed by atoms with Crippen LogP contribution in [0.2, 0.25) is 0 Å². The van der Waals surface area contributed by atoms with Crippen molar-refractivity contribution in [2.24, 2.45) is 0 Å². The Morgan fingerprint density at radius 1 is 1.00 bits per heavy atom. The van der Waals surface area contributed by atoms with Crippen molar-refractivity contribution in [2.75, 3.05) is 24.6 Å². The molecule has 8 nitrogen and oxygen atoms in total. The van der Waals surface area contributed by atoms with Crippen LogP contribution in [0.4, 0.5) is 18.9 Å². The molecule has 0 saturated carbocycles. The molecule has 1 aliphatic heterocycles. The van der Waals surface area contributed by atoms with Crippen molar-refractivity contribution < 1.29 is 36.7 Å². The van der Waals surface area contributed by atoms with Gasteiger partial charge in [-0.15, -0.1) is 0 Å². The monoisotopic (exact) mass is 529 g/mol. The molecule has 0 bridgehead atoms. The van der Waals surface area contributed by atoms with E-state index in [-0.39, 0.29) is 24.1 Å². The Bertz CT molecular complexity index is 1240. The average molecular weight is 530 g/mol. The SMILES string of the molecule is O=C(NCC(=O)N(c1cccc(C(F)(F)F)c1)[C@@H](C(=O)NC[C@H]1CCCO1)c1ccccc1)c1ccco1. The number of carbonyl (C=O) groups excluding carboxylic acids is 3. The molecule has 1 saturated heterocycles. The minimum atomic E-state index is -4.68. The standard InChI is InChI=1S/C27H26F3N3O5/c28-27(29,30)19-9-4-10-20(15-19)33(23(34)17-32-25(35)22-12-6-14-38-22)24(18-7-2-1-3-8-18)26(36)31-16-21-11-5-13-37-21/h1-4,6-10,12,14-15,21,24H,5,11,13,16-17H2,(H,31,36)(H,32,35)/t21-,24-/m1/s1. The molecular formula is C27H26F3N3O5. The maximum Gasteiger partial charge on any atom is 0.416 e. The summed E-state index contributed by atoms with van der Waals surface area (Å²) in [6, 6.07) is 13.9. The van der Waals surface area contributed by atoms with Gasteiger partial charge in [-0.05, 0) is 48.7 Å². The summed E-state index contributed by atoms with van der Waals surface area (Å²) in [7, 11) is 0. The molecule has 3 aromatic rings. The number of benzene rings is 2. The zero-order valence-electron chi connectivity index (χ0n) is 20.2. The molecule has 1 fully saturated rings. The molecule has 2 N–H and O–H groups in total. The molecule has 0 unspecified atom stereocenters. The predicted octanol–water partition coefficient (Wildman–Crippen LogP) is 4.10. The van der Waals surface area contributed by atoms with Gasteiger partial charge in [-0.2, -0.15) is 13.2 Å². The zero-order chi connectivity index (χ0) is 27.1. The van der Waals surface area contributed by atoms with Crippen LogP contribution in [0.5, 0.6) is 0 Å². The summed E-state index contributed by atoms with van der Waals surface area (Å²) in [5.74, 6) is -2.14. The maximum atomic E-state index is 13.6. The lowest BCUT2D eigenvalue weighted by Gasteiger charge is -2.32. The summed E-state index contributed by atoms with van der Waals surface area (Å²) in [6.07, 6.45) is -1.98. The van der Waals surface area contributed by atoms with Crippen LogP contribution in [0, 0.1) is 0 Å². The zero-order valence-corrected chi connectivity index (χ0v) is 20.2. The number of nitrogens with zero attached hydrogens (tertiary/aromatic N) is 1. The number of amides is 3. The van der Waals surface area contributed by atoms with Gasteiger partial charge >= 0.3 is 6.18 Å². The normalized spacial score (nSPS) is 16.0. The van der Waals surface area contributed by atoms with Crippen LogP contribution in [-0.2, 0) is 20.5 Å². The van der Waals surface area contributed by atoms with Crippen molar-refractivity contribution in [2.45, 2.75) is 31.2 Å². The number of nitrogens with one attached hydrogen (secondary N) is 2. The van der Waals surface area contributed by atoms with Crippen LogP contribution in [0.25, 0.3) is 0 Å². The number of hydrogen-bond donors (Lipinski definition) is 2. The van der Waals surface area contributed by atoms with Gasteiger partial charge in [0.25, 0.3) is 5.91 Å². The third-order valence-corrected chi connectivity index (χ3v) is 6.02. The summed E-state index contributed by atoms with van der Waals surface area (Å²) in [6.45, 7) is 0.160. The highest BCUT2D eigenvalue weighted by molar-refractivity contribution is 6.04. The fraction of sp³-hybridized carbons (Fsp3) is 0.296. The Kier molecular flexibility index (Phi) is 8.47. The molecule has 0 aliphatic carbocycles. The Labute approximate surface area is 216 Å². The first-order chi connectivity index (χ1) is 18.2. The lowest BCUT2D eigenvalue weighted by atomic mass is 10.0. The Hall–Kier alpha value is -4.12. The van der Waals surface area contributed by atoms with Gasteiger partial charge in [0.05, 0.1) is 24.5 Å². The summed E-state index contributed by atoms with van der Waals surface area (Å²) < 4.78 is 51.2. The van der Waals surface area contributed by atoms with Crippen LogP contribution in [0.3, 0.4) is 0 Å². The fourth-order valence-corrected chi connectivity index (χ4v) is 4.17. The van der Waals surface area contributed by atoms with Gasteiger partial charge in [0.15, 0.2) is 5.76 Å². The predicted molar refractivity (Wildman–Crippen MR) is 131 cm³/mol. The average Bonchev–Trinajstić information content (AvgIpc) is 3.64. The molecule has 200 valence electrons. The van der Waals surface area contributed by atoms with Gasteiger partial charge in [-0.1, -0.05) is 36.4 Å². The van der Waals surface area contributed by atoms with Crippen molar-refractivity contribution in [1.29, 1.82) is 0 Å². The molecule has 2 atom stereocenters. The Morgan fingerprint density at radius 2 is 1.79 bits per heavy atom. The van der Waals surface area contributed by atoms with Gasteiger partial charge in [-0.3, -0.25) is 19.3 Å². The second kappa shape index (κ2) is 12.0. The number of furan rings is 1. The van der Waals surface area contributed by atoms with E-state index in [0.717, 1.165) is 35.9 Å². The number of anilines is 1. The summed E-state index contributed by atoms with van der Waals surface area (Å²) in [5, 5.41) is 5.18. The molecule has 38 heavy (non-hydrogen) atoms. The van der Waals surface area contributed by atoms with E-state index in [1.165, 1.54) is 24.5 Å². The third kappa shape index (κ3) is 6.60. The number of halogens is 3. The largest absolute Gasteiger partial charge is 0.459 e. The van der Waals surface area contributed by atoms with Crippen molar-refractivity contribution in [3.63, 3.8) is 0 Å². The first-order valence-electron chi connectivity index (χ1n) is 12.0. The quantitative estimate of drug-likeness (QED) is 0.435. The van der Waals surface area contributed by atoms with E-state index in [4.69, 9.17) is 9.15 Å². The highest BCUT2D eigenvalue weighted by Gasteiger charge is 2.36. The highest BCUT2D eigenvalue weighted by Crippen LogP contribution is 2.34. The second-order valence-electron chi connectivity index (χ2n) is 8.67. The highest BCUT2D eigenvalue weighted by atomic mass is 19.4. The van der Waals surface area contributed by atoms with Crippen LogP contribution in [-0.4, -0.2) is 43.5 Å². The number of hydrogen-bond acceptors (Lipinski definition) is 5. The van der Waals surface area contributed by atoms with Crippen LogP contribution >= 0.6 is 0 Å². The van der Waals surface area contributed by atoms with Crippen molar-refractivity contribution in [3.8, 4) is 0 Å². The molecule has 2 heterocycles. The van der Waals surface area contributed by atoms with Gasteiger partial charge in [0.2, 0.25) is 11.8 Å². The van der Waals surface area contributed by atoms with Crippen LogP contribution in [0.1, 0.15) is 40.6 Å². The first kappa shape index (κ1) is 26.9. The molecule has 3 amide bonds. The van der Waals surface area contributed by atoms with Crippen molar-refractivity contribution in [1.82, 2.24) is 10.6 Å². The number of ether oxygens (including phenoxy) is 1. The molecular weight excluding hydrogens is 503 g/mol. The number of carbonyl (C=O) groups is 3. The second-order valence-corrected chi connectivity index (χ2v) is 8.67. The first-order valence-corrected chi connectivity index (χ1v) is 12.0. The van der Waals surface area contributed by atoms with Crippen LogP contribution < -0.4 is 15.5 Å². The molecule has 1 aromatic heterocycles. The summed E-state index contributed by atoms with van der Waals surface area (Å²) >= 11 is 0. The molecule has 0 radical (unpaired) electrons. The van der Waals surface area contributed by atoms with Crippen molar-refractivity contribution >= 4 is 23.4 Å². The topological polar surface area (TPSA) is 101 Å². The lowest BCUT2D eigenvalue weighted by Crippen LogP contribution is -2.48. The third-order valence-electron chi connectivity index (χ3n) is 6.02. The van der Waals surface area contributed by atoms with E-state index in [2.05, 4.69) is 10.6 Å². The smallest absolute Gasteiger partial charge is 0.416 e. The summed E-state index contributed by atoms with van der Waals surface area (Å²) in [4.78, 5) is 40.4. The minimum absolute atomic E-state index is 0.0441. The maximum absolute atomic E-state index is 13.6. The Balaban J connectivity index is 1.69. The van der Waals surface area contributed by atoms with Gasteiger partial charge < -0.3 is 19.8 Å².